The van der Waals surface area contributed by atoms with Crippen molar-refractivity contribution >= 4 is 41.5 Å². The molecule has 0 fully saturated rings. The molecule has 0 aliphatic rings. The third kappa shape index (κ3) is 9.38. The maximum absolute atomic E-state index is 12.0. The number of aliphatic imine (C=N–C) groups is 1. The van der Waals surface area contributed by atoms with Crippen molar-refractivity contribution in [1.82, 2.24) is 15.1 Å². The minimum atomic E-state index is -0.134. The topological polar surface area (TPSA) is 107 Å². The van der Waals surface area contributed by atoms with Gasteiger partial charge in [-0.25, -0.2) is 4.99 Å². The summed E-state index contributed by atoms with van der Waals surface area (Å²) in [4.78, 5) is 16.3. The van der Waals surface area contributed by atoms with Gasteiger partial charge in [0.15, 0.2) is 5.96 Å². The van der Waals surface area contributed by atoms with E-state index in [9.17, 15) is 4.79 Å². The zero-order chi connectivity index (χ0) is 18.6. The average Bonchev–Trinajstić information content (AvgIpc) is 3.13. The molecule has 4 N–H and O–H groups in total. The molecule has 1 aromatic carbocycles. The molecule has 0 aliphatic carbocycles. The molecule has 1 aromatic heterocycles. The summed E-state index contributed by atoms with van der Waals surface area (Å²) in [7, 11) is 0. The van der Waals surface area contributed by atoms with Crippen LogP contribution < -0.4 is 16.4 Å². The average molecular weight is 486 g/mol. The van der Waals surface area contributed by atoms with Crippen LogP contribution in [-0.2, 0) is 22.6 Å². The molecule has 0 radical (unpaired) electrons. The van der Waals surface area contributed by atoms with Crippen LogP contribution in [0.3, 0.4) is 0 Å². The number of ether oxygens (including phenoxy) is 1. The number of anilines is 1. The number of hydrogen-bond acceptors (Lipinski definition) is 4. The van der Waals surface area contributed by atoms with E-state index < -0.39 is 0 Å². The molecule has 8 nitrogen and oxygen atoms in total. The van der Waals surface area contributed by atoms with Gasteiger partial charge in [-0.2, -0.15) is 5.10 Å². The highest BCUT2D eigenvalue weighted by Gasteiger charge is 2.04. The van der Waals surface area contributed by atoms with E-state index in [1.807, 2.05) is 31.2 Å². The Kier molecular flexibility index (Phi) is 11.1. The van der Waals surface area contributed by atoms with Crippen molar-refractivity contribution in [1.29, 1.82) is 0 Å². The van der Waals surface area contributed by atoms with Gasteiger partial charge < -0.3 is 21.1 Å². The SMILES string of the molecule is CCOCCCNC(N)=NCc1cccc(NC(=O)Cn2cccn2)c1.I. The van der Waals surface area contributed by atoms with Crippen LogP contribution in [0.5, 0.6) is 0 Å². The standard InChI is InChI=1S/C18H26N6O2.HI/c1-2-26-11-5-8-20-18(19)21-13-15-6-3-7-16(12-15)23-17(25)14-24-10-4-9-22-24;/h3-4,6-7,9-10,12H,2,5,8,11,13-14H2,1H3,(H,23,25)(H3,19,20,21);1H. The molecule has 9 heteroatoms. The summed E-state index contributed by atoms with van der Waals surface area (Å²) in [6.45, 7) is 4.73. The molecule has 0 saturated heterocycles. The third-order valence-electron chi connectivity index (χ3n) is 3.48. The molecule has 1 amide bonds. The Labute approximate surface area is 176 Å². The number of hydrogen-bond donors (Lipinski definition) is 3. The predicted molar refractivity (Wildman–Crippen MR) is 117 cm³/mol. The third-order valence-corrected chi connectivity index (χ3v) is 3.48. The second kappa shape index (κ2) is 13.1. The lowest BCUT2D eigenvalue weighted by Gasteiger charge is -2.08. The van der Waals surface area contributed by atoms with Gasteiger partial charge in [-0.15, -0.1) is 24.0 Å². The van der Waals surface area contributed by atoms with E-state index in [1.165, 1.54) is 0 Å². The minimum absolute atomic E-state index is 0. The van der Waals surface area contributed by atoms with Crippen molar-refractivity contribution in [3.8, 4) is 0 Å². The second-order valence-corrected chi connectivity index (χ2v) is 5.63. The van der Waals surface area contributed by atoms with Gasteiger partial charge >= 0.3 is 0 Å². The Hall–Kier alpha value is -2.14. The van der Waals surface area contributed by atoms with Crippen LogP contribution >= 0.6 is 24.0 Å². The molecule has 1 heterocycles. The Bertz CT molecular complexity index is 706. The fraction of sp³-hybridized carbons (Fsp3) is 0.389. The number of nitrogens with two attached hydrogens (primary N) is 1. The van der Waals surface area contributed by atoms with Gasteiger partial charge in [-0.05, 0) is 37.1 Å². The van der Waals surface area contributed by atoms with Crippen LogP contribution in [0.15, 0.2) is 47.7 Å². The van der Waals surface area contributed by atoms with Gasteiger partial charge in [-0.1, -0.05) is 12.1 Å². The smallest absolute Gasteiger partial charge is 0.246 e. The zero-order valence-electron chi connectivity index (χ0n) is 15.4. The first-order valence-corrected chi connectivity index (χ1v) is 8.65. The van der Waals surface area contributed by atoms with Crippen molar-refractivity contribution in [2.45, 2.75) is 26.4 Å². The lowest BCUT2D eigenvalue weighted by molar-refractivity contribution is -0.116. The summed E-state index contributed by atoms with van der Waals surface area (Å²) < 4.78 is 6.83. The summed E-state index contributed by atoms with van der Waals surface area (Å²) in [5, 5.41) is 9.92. The highest BCUT2D eigenvalue weighted by molar-refractivity contribution is 14.0. The molecule has 0 aliphatic heterocycles. The molecule has 0 bridgehead atoms. The number of benzene rings is 1. The first kappa shape index (κ1) is 22.9. The normalized spacial score (nSPS) is 10.9. The molecule has 0 unspecified atom stereocenters. The minimum Gasteiger partial charge on any atom is -0.382 e. The summed E-state index contributed by atoms with van der Waals surface area (Å²) >= 11 is 0. The van der Waals surface area contributed by atoms with Crippen molar-refractivity contribution in [3.63, 3.8) is 0 Å². The van der Waals surface area contributed by atoms with E-state index >= 15 is 0 Å². The van der Waals surface area contributed by atoms with Crippen LogP contribution in [0.2, 0.25) is 0 Å². The van der Waals surface area contributed by atoms with E-state index in [1.54, 1.807) is 23.1 Å². The molecular formula is C18H27IN6O2. The number of aromatic nitrogens is 2. The Morgan fingerprint density at radius 2 is 2.22 bits per heavy atom. The zero-order valence-corrected chi connectivity index (χ0v) is 17.8. The van der Waals surface area contributed by atoms with Crippen molar-refractivity contribution < 1.29 is 9.53 Å². The van der Waals surface area contributed by atoms with E-state index in [2.05, 4.69) is 20.7 Å². The molecule has 0 atom stereocenters. The van der Waals surface area contributed by atoms with Crippen LogP contribution in [0.4, 0.5) is 5.69 Å². The van der Waals surface area contributed by atoms with Gasteiger partial charge in [0.25, 0.3) is 0 Å². The number of guanidine groups is 1. The van der Waals surface area contributed by atoms with Gasteiger partial charge in [0.05, 0.1) is 6.54 Å². The largest absolute Gasteiger partial charge is 0.382 e. The molecule has 148 valence electrons. The fourth-order valence-electron chi connectivity index (χ4n) is 2.26. The first-order valence-electron chi connectivity index (χ1n) is 8.65. The van der Waals surface area contributed by atoms with E-state index in [0.29, 0.717) is 19.1 Å². The van der Waals surface area contributed by atoms with E-state index in [0.717, 1.165) is 30.8 Å². The summed E-state index contributed by atoms with van der Waals surface area (Å²) in [5.41, 5.74) is 7.53. The number of carbonyl (C=O) groups excluding carboxylic acids is 1. The lowest BCUT2D eigenvalue weighted by Crippen LogP contribution is -2.32. The van der Waals surface area contributed by atoms with Gasteiger partial charge in [0.1, 0.15) is 6.54 Å². The predicted octanol–water partition coefficient (Wildman–Crippen LogP) is 1.97. The maximum Gasteiger partial charge on any atom is 0.246 e. The number of nitrogens with one attached hydrogen (secondary N) is 2. The fourth-order valence-corrected chi connectivity index (χ4v) is 2.26. The summed E-state index contributed by atoms with van der Waals surface area (Å²) in [6, 6.07) is 9.31. The summed E-state index contributed by atoms with van der Waals surface area (Å²) in [6.07, 6.45) is 4.26. The van der Waals surface area contributed by atoms with Gasteiger partial charge in [0, 0.05) is 37.8 Å². The van der Waals surface area contributed by atoms with Crippen LogP contribution in [-0.4, -0.2) is 41.4 Å². The summed E-state index contributed by atoms with van der Waals surface area (Å²) in [5.74, 6) is 0.263. The maximum atomic E-state index is 12.0. The Morgan fingerprint density at radius 1 is 1.37 bits per heavy atom. The van der Waals surface area contributed by atoms with Crippen molar-refractivity contribution in [3.05, 3.63) is 48.3 Å². The van der Waals surface area contributed by atoms with Crippen molar-refractivity contribution in [2.24, 2.45) is 10.7 Å². The molecular weight excluding hydrogens is 459 g/mol. The van der Waals surface area contributed by atoms with Gasteiger partial charge in [0.2, 0.25) is 5.91 Å². The number of rotatable bonds is 10. The van der Waals surface area contributed by atoms with Crippen LogP contribution in [0.25, 0.3) is 0 Å². The molecule has 0 saturated carbocycles. The van der Waals surface area contributed by atoms with Crippen LogP contribution in [0, 0.1) is 0 Å². The molecule has 0 spiro atoms. The molecule has 27 heavy (non-hydrogen) atoms. The molecule has 2 aromatic rings. The van der Waals surface area contributed by atoms with E-state index in [4.69, 9.17) is 10.5 Å². The quantitative estimate of drug-likeness (QED) is 0.206. The van der Waals surface area contributed by atoms with Crippen LogP contribution in [0.1, 0.15) is 18.9 Å². The highest BCUT2D eigenvalue weighted by atomic mass is 127. The Morgan fingerprint density at radius 3 is 2.96 bits per heavy atom. The Balaban J connectivity index is 0.00000364. The monoisotopic (exact) mass is 486 g/mol. The van der Waals surface area contributed by atoms with Crippen molar-refractivity contribution in [2.75, 3.05) is 25.1 Å². The number of amides is 1. The number of halogens is 1. The van der Waals surface area contributed by atoms with E-state index in [-0.39, 0.29) is 36.4 Å². The molecule has 2 rings (SSSR count). The second-order valence-electron chi connectivity index (χ2n) is 5.63. The lowest BCUT2D eigenvalue weighted by atomic mass is 10.2. The first-order chi connectivity index (χ1) is 12.7. The number of carbonyl (C=O) groups is 1. The number of nitrogens with zero attached hydrogens (tertiary/aromatic N) is 3. The van der Waals surface area contributed by atoms with Gasteiger partial charge in [-0.3, -0.25) is 9.48 Å². The highest BCUT2D eigenvalue weighted by Crippen LogP contribution is 2.11.